The number of benzene rings is 2. The van der Waals surface area contributed by atoms with Crippen LogP contribution in [0.25, 0.3) is 0 Å². The molecule has 0 radical (unpaired) electrons. The second-order valence-corrected chi connectivity index (χ2v) is 6.20. The van der Waals surface area contributed by atoms with E-state index in [0.717, 1.165) is 24.1 Å². The van der Waals surface area contributed by atoms with Crippen LogP contribution >= 0.6 is 24.0 Å². The summed E-state index contributed by atoms with van der Waals surface area (Å²) in [5, 5.41) is 17.3. The monoisotopic (exact) mass is 498 g/mol. The lowest BCUT2D eigenvalue weighted by molar-refractivity contribution is -0.384. The van der Waals surface area contributed by atoms with Crippen molar-refractivity contribution in [3.8, 4) is 0 Å². The van der Waals surface area contributed by atoms with Crippen LogP contribution in [0.2, 0.25) is 0 Å². The molecule has 7 nitrogen and oxygen atoms in total. The largest absolute Gasteiger partial charge is 0.385 e. The highest BCUT2D eigenvalue weighted by Crippen LogP contribution is 2.11. The van der Waals surface area contributed by atoms with E-state index in [2.05, 4.69) is 46.8 Å². The molecular formula is C20H27IN4O3. The fourth-order valence-corrected chi connectivity index (χ4v) is 2.38. The van der Waals surface area contributed by atoms with Gasteiger partial charge in [-0.1, -0.05) is 42.0 Å². The van der Waals surface area contributed by atoms with E-state index in [9.17, 15) is 10.1 Å². The maximum absolute atomic E-state index is 10.7. The molecule has 2 rings (SSSR count). The molecule has 0 atom stereocenters. The van der Waals surface area contributed by atoms with Crippen LogP contribution in [0.5, 0.6) is 0 Å². The highest BCUT2D eigenvalue weighted by molar-refractivity contribution is 14.0. The Morgan fingerprint density at radius 3 is 2.32 bits per heavy atom. The van der Waals surface area contributed by atoms with Gasteiger partial charge in [-0.2, -0.15) is 0 Å². The van der Waals surface area contributed by atoms with Gasteiger partial charge in [-0.05, 0) is 24.5 Å². The van der Waals surface area contributed by atoms with Crippen molar-refractivity contribution in [2.24, 2.45) is 4.99 Å². The lowest BCUT2D eigenvalue weighted by atomic mass is 10.1. The molecule has 0 aliphatic carbocycles. The van der Waals surface area contributed by atoms with Gasteiger partial charge in [-0.3, -0.25) is 10.1 Å². The van der Waals surface area contributed by atoms with Gasteiger partial charge in [0.05, 0.1) is 11.5 Å². The molecular weight excluding hydrogens is 471 g/mol. The van der Waals surface area contributed by atoms with E-state index >= 15 is 0 Å². The molecule has 152 valence electrons. The van der Waals surface area contributed by atoms with Gasteiger partial charge < -0.3 is 15.4 Å². The van der Waals surface area contributed by atoms with E-state index in [0.29, 0.717) is 25.7 Å². The minimum Gasteiger partial charge on any atom is -0.385 e. The Bertz CT molecular complexity index is 749. The fraction of sp³-hybridized carbons (Fsp3) is 0.350. The van der Waals surface area contributed by atoms with Crippen molar-refractivity contribution in [2.75, 3.05) is 20.3 Å². The quantitative estimate of drug-likeness (QED) is 0.137. The number of rotatable bonds is 9. The van der Waals surface area contributed by atoms with Crippen LogP contribution in [-0.2, 0) is 17.8 Å². The summed E-state index contributed by atoms with van der Waals surface area (Å²) in [6, 6.07) is 14.8. The highest BCUT2D eigenvalue weighted by Gasteiger charge is 2.05. The molecule has 2 aromatic carbocycles. The van der Waals surface area contributed by atoms with E-state index in [1.54, 1.807) is 19.2 Å². The summed E-state index contributed by atoms with van der Waals surface area (Å²) in [5.74, 6) is 0.699. The Morgan fingerprint density at radius 1 is 1.07 bits per heavy atom. The summed E-state index contributed by atoms with van der Waals surface area (Å²) in [7, 11) is 1.68. The minimum atomic E-state index is -0.400. The van der Waals surface area contributed by atoms with Crippen molar-refractivity contribution < 1.29 is 9.66 Å². The Morgan fingerprint density at radius 2 is 1.71 bits per heavy atom. The molecule has 0 bridgehead atoms. The van der Waals surface area contributed by atoms with E-state index in [-0.39, 0.29) is 29.7 Å². The number of nitro benzene ring substituents is 1. The van der Waals surface area contributed by atoms with Crippen molar-refractivity contribution in [1.82, 2.24) is 10.6 Å². The molecule has 0 saturated heterocycles. The third kappa shape index (κ3) is 8.66. The normalized spacial score (nSPS) is 10.9. The van der Waals surface area contributed by atoms with Gasteiger partial charge in [-0.15, -0.1) is 24.0 Å². The van der Waals surface area contributed by atoms with Gasteiger partial charge in [0.2, 0.25) is 0 Å². The number of guanidine groups is 1. The lowest BCUT2D eigenvalue weighted by Gasteiger charge is -2.13. The van der Waals surface area contributed by atoms with Gasteiger partial charge in [0.1, 0.15) is 0 Å². The van der Waals surface area contributed by atoms with Crippen LogP contribution in [0, 0.1) is 17.0 Å². The molecule has 0 aromatic heterocycles. The third-order valence-corrected chi connectivity index (χ3v) is 3.97. The van der Waals surface area contributed by atoms with Gasteiger partial charge >= 0.3 is 0 Å². The zero-order valence-electron chi connectivity index (χ0n) is 16.2. The maximum atomic E-state index is 10.7. The fourth-order valence-electron chi connectivity index (χ4n) is 2.38. The Kier molecular flexibility index (Phi) is 11.1. The van der Waals surface area contributed by atoms with Crippen LogP contribution in [-0.4, -0.2) is 31.1 Å². The van der Waals surface area contributed by atoms with Crippen molar-refractivity contribution >= 4 is 35.6 Å². The summed E-state index contributed by atoms with van der Waals surface area (Å²) >= 11 is 0. The molecule has 0 heterocycles. The van der Waals surface area contributed by atoms with Gasteiger partial charge in [0, 0.05) is 38.9 Å². The maximum Gasteiger partial charge on any atom is 0.269 e. The van der Waals surface area contributed by atoms with Crippen molar-refractivity contribution in [1.29, 1.82) is 0 Å². The molecule has 8 heteroatoms. The van der Waals surface area contributed by atoms with E-state index in [4.69, 9.17) is 4.74 Å². The average Bonchev–Trinajstić information content (AvgIpc) is 2.68. The van der Waals surface area contributed by atoms with Gasteiger partial charge in [0.15, 0.2) is 5.96 Å². The van der Waals surface area contributed by atoms with E-state index in [1.807, 2.05) is 0 Å². The number of nitrogens with one attached hydrogen (secondary N) is 2. The summed E-state index contributed by atoms with van der Waals surface area (Å²) in [6.07, 6.45) is 0.874. The van der Waals surface area contributed by atoms with Crippen LogP contribution in [0.1, 0.15) is 23.1 Å². The molecule has 0 fully saturated rings. The van der Waals surface area contributed by atoms with Crippen LogP contribution < -0.4 is 10.6 Å². The number of aryl methyl sites for hydroxylation is 1. The second kappa shape index (κ2) is 13.1. The number of nitro groups is 1. The molecule has 0 aliphatic heterocycles. The zero-order valence-corrected chi connectivity index (χ0v) is 18.5. The molecule has 0 spiro atoms. The number of hydrogen-bond donors (Lipinski definition) is 2. The van der Waals surface area contributed by atoms with Crippen LogP contribution in [0.4, 0.5) is 5.69 Å². The number of nitrogens with zero attached hydrogens (tertiary/aromatic N) is 2. The minimum absolute atomic E-state index is 0. The number of aliphatic imine (C=N–C) groups is 1. The molecule has 2 aromatic rings. The Labute approximate surface area is 182 Å². The first-order chi connectivity index (χ1) is 13.1. The van der Waals surface area contributed by atoms with E-state index in [1.165, 1.54) is 17.7 Å². The number of non-ortho nitro benzene ring substituents is 1. The number of hydrogen-bond acceptors (Lipinski definition) is 4. The van der Waals surface area contributed by atoms with Gasteiger partial charge in [-0.25, -0.2) is 4.99 Å². The summed E-state index contributed by atoms with van der Waals surface area (Å²) in [6.45, 7) is 4.58. The molecule has 0 saturated carbocycles. The predicted molar refractivity (Wildman–Crippen MR) is 122 cm³/mol. The smallest absolute Gasteiger partial charge is 0.269 e. The molecule has 0 amide bonds. The number of methoxy groups -OCH3 is 1. The van der Waals surface area contributed by atoms with Crippen molar-refractivity contribution in [3.63, 3.8) is 0 Å². The van der Waals surface area contributed by atoms with Crippen molar-refractivity contribution in [3.05, 3.63) is 75.3 Å². The molecule has 2 N–H and O–H groups in total. The first-order valence-corrected chi connectivity index (χ1v) is 8.88. The van der Waals surface area contributed by atoms with Crippen LogP contribution in [0.3, 0.4) is 0 Å². The number of halogens is 1. The summed E-state index contributed by atoms with van der Waals surface area (Å²) in [4.78, 5) is 15.0. The van der Waals surface area contributed by atoms with E-state index < -0.39 is 4.92 Å². The predicted octanol–water partition coefficient (Wildman–Crippen LogP) is 3.79. The topological polar surface area (TPSA) is 88.8 Å². The zero-order chi connectivity index (χ0) is 19.5. The SMILES string of the molecule is COCCCNC(=NCc1ccc(C)cc1)NCc1ccc([N+](=O)[O-])cc1.I. The van der Waals surface area contributed by atoms with Gasteiger partial charge in [0.25, 0.3) is 5.69 Å². The lowest BCUT2D eigenvalue weighted by Crippen LogP contribution is -2.37. The second-order valence-electron chi connectivity index (χ2n) is 6.20. The summed E-state index contributed by atoms with van der Waals surface area (Å²) in [5.41, 5.74) is 3.39. The van der Waals surface area contributed by atoms with Crippen LogP contribution in [0.15, 0.2) is 53.5 Å². The first kappa shape index (κ1) is 23.8. The first-order valence-electron chi connectivity index (χ1n) is 8.88. The average molecular weight is 498 g/mol. The van der Waals surface area contributed by atoms with Crippen molar-refractivity contribution in [2.45, 2.75) is 26.4 Å². The Balaban J connectivity index is 0.00000392. The summed E-state index contributed by atoms with van der Waals surface area (Å²) < 4.78 is 5.07. The molecule has 0 aliphatic rings. The highest BCUT2D eigenvalue weighted by atomic mass is 127. The third-order valence-electron chi connectivity index (χ3n) is 3.97. The number of ether oxygens (including phenoxy) is 1. The standard InChI is InChI=1S/C20H26N4O3.HI/c1-16-4-6-17(7-5-16)14-22-20(21-12-3-13-27-2)23-15-18-8-10-19(11-9-18)24(25)26;/h4-11H,3,12-15H2,1-2H3,(H2,21,22,23);1H. The molecule has 28 heavy (non-hydrogen) atoms. The Hall–Kier alpha value is -2.20. The molecule has 0 unspecified atom stereocenters.